The first-order chi connectivity index (χ1) is 13.2. The average Bonchev–Trinajstić information content (AvgIpc) is 3.26. The quantitative estimate of drug-likeness (QED) is 0.905. The lowest BCUT2D eigenvalue weighted by atomic mass is 9.84. The third-order valence-corrected chi connectivity index (χ3v) is 5.89. The lowest BCUT2D eigenvalue weighted by molar-refractivity contribution is -0.134. The molecule has 1 aliphatic heterocycles. The Morgan fingerprint density at radius 1 is 0.963 bits per heavy atom. The van der Waals surface area contributed by atoms with Gasteiger partial charge in [0.1, 0.15) is 0 Å². The highest BCUT2D eigenvalue weighted by Crippen LogP contribution is 2.33. The Hall–Kier alpha value is -2.62. The summed E-state index contributed by atoms with van der Waals surface area (Å²) in [6.45, 7) is 1.36. The molecule has 4 heteroatoms. The van der Waals surface area contributed by atoms with Gasteiger partial charge in [-0.05, 0) is 29.5 Å². The highest BCUT2D eigenvalue weighted by atomic mass is 16.2. The molecule has 0 saturated heterocycles. The van der Waals surface area contributed by atoms with Gasteiger partial charge in [0.2, 0.25) is 11.8 Å². The van der Waals surface area contributed by atoms with Crippen molar-refractivity contribution in [2.45, 2.75) is 38.1 Å². The van der Waals surface area contributed by atoms with E-state index in [1.807, 2.05) is 29.2 Å². The Kier molecular flexibility index (Phi) is 5.23. The molecule has 140 valence electrons. The summed E-state index contributed by atoms with van der Waals surface area (Å²) in [5, 5.41) is 2.87. The van der Waals surface area contributed by atoms with Crippen LogP contribution in [0.3, 0.4) is 0 Å². The number of hydrogen-bond acceptors (Lipinski definition) is 2. The van der Waals surface area contributed by atoms with Crippen molar-refractivity contribution in [2.24, 2.45) is 5.92 Å². The summed E-state index contributed by atoms with van der Waals surface area (Å²) in [6.07, 6.45) is 4.14. The SMILES string of the molecule is O=C(NCC(=O)N1Cc2ccccc2[C@H](c2ccccc2)C1)C1CCCC1. The van der Waals surface area contributed by atoms with Gasteiger partial charge >= 0.3 is 0 Å². The topological polar surface area (TPSA) is 49.4 Å². The van der Waals surface area contributed by atoms with E-state index in [4.69, 9.17) is 0 Å². The molecule has 27 heavy (non-hydrogen) atoms. The number of hydrogen-bond donors (Lipinski definition) is 1. The molecule has 1 aliphatic carbocycles. The van der Waals surface area contributed by atoms with Gasteiger partial charge in [0, 0.05) is 24.9 Å². The van der Waals surface area contributed by atoms with Crippen LogP contribution in [0.5, 0.6) is 0 Å². The van der Waals surface area contributed by atoms with Crippen molar-refractivity contribution in [3.63, 3.8) is 0 Å². The summed E-state index contributed by atoms with van der Waals surface area (Å²) in [5.74, 6) is 0.303. The van der Waals surface area contributed by atoms with Gasteiger partial charge < -0.3 is 10.2 Å². The van der Waals surface area contributed by atoms with Crippen molar-refractivity contribution < 1.29 is 9.59 Å². The van der Waals surface area contributed by atoms with Gasteiger partial charge in [-0.3, -0.25) is 9.59 Å². The summed E-state index contributed by atoms with van der Waals surface area (Å²) in [4.78, 5) is 26.9. The number of nitrogens with zero attached hydrogens (tertiary/aromatic N) is 1. The number of rotatable bonds is 4. The Balaban J connectivity index is 1.47. The zero-order chi connectivity index (χ0) is 18.6. The minimum atomic E-state index is -0.00298. The summed E-state index contributed by atoms with van der Waals surface area (Å²) in [7, 11) is 0. The number of nitrogens with one attached hydrogen (secondary N) is 1. The van der Waals surface area contributed by atoms with E-state index in [0.29, 0.717) is 13.1 Å². The molecule has 0 radical (unpaired) electrons. The molecule has 0 aromatic heterocycles. The van der Waals surface area contributed by atoms with Crippen molar-refractivity contribution in [1.29, 1.82) is 0 Å². The van der Waals surface area contributed by atoms with Crippen LogP contribution in [0.15, 0.2) is 54.6 Å². The van der Waals surface area contributed by atoms with Gasteiger partial charge in [0.25, 0.3) is 0 Å². The predicted molar refractivity (Wildman–Crippen MR) is 105 cm³/mol. The van der Waals surface area contributed by atoms with E-state index in [0.717, 1.165) is 25.7 Å². The molecule has 2 aromatic rings. The third-order valence-electron chi connectivity index (χ3n) is 5.89. The van der Waals surface area contributed by atoms with Crippen molar-refractivity contribution in [1.82, 2.24) is 10.2 Å². The van der Waals surface area contributed by atoms with E-state index < -0.39 is 0 Å². The second-order valence-electron chi connectivity index (χ2n) is 7.64. The Bertz CT molecular complexity index is 812. The first kappa shape index (κ1) is 17.8. The maximum atomic E-state index is 12.8. The molecule has 1 atom stereocenters. The number of carbonyl (C=O) groups is 2. The maximum absolute atomic E-state index is 12.8. The summed E-state index contributed by atoms with van der Waals surface area (Å²) in [5.41, 5.74) is 3.70. The van der Waals surface area contributed by atoms with Gasteiger partial charge in [-0.1, -0.05) is 67.4 Å². The van der Waals surface area contributed by atoms with Crippen molar-refractivity contribution in [2.75, 3.05) is 13.1 Å². The van der Waals surface area contributed by atoms with Gasteiger partial charge in [-0.2, -0.15) is 0 Å². The zero-order valence-electron chi connectivity index (χ0n) is 15.6. The molecule has 4 nitrogen and oxygen atoms in total. The van der Waals surface area contributed by atoms with Crippen LogP contribution >= 0.6 is 0 Å². The molecular formula is C23H26N2O2. The average molecular weight is 362 g/mol. The molecule has 1 fully saturated rings. The number of amides is 2. The van der Waals surface area contributed by atoms with Crippen LogP contribution in [0.4, 0.5) is 0 Å². The maximum Gasteiger partial charge on any atom is 0.242 e. The Morgan fingerprint density at radius 3 is 2.44 bits per heavy atom. The standard InChI is InChI=1S/C23H26N2O2/c26-22(14-24-23(27)18-10-4-5-11-18)25-15-19-12-6-7-13-20(19)21(16-25)17-8-2-1-3-9-17/h1-3,6-9,12-13,18,21H,4-5,10-11,14-16H2,(H,24,27)/t21-/m0/s1. The predicted octanol–water partition coefficient (Wildman–Crippen LogP) is 3.47. The van der Waals surface area contributed by atoms with Crippen LogP contribution in [0.25, 0.3) is 0 Å². The Morgan fingerprint density at radius 2 is 1.67 bits per heavy atom. The molecule has 2 amide bonds. The minimum absolute atomic E-state index is 0.00298. The third kappa shape index (κ3) is 3.90. The summed E-state index contributed by atoms with van der Waals surface area (Å²) >= 11 is 0. The van der Waals surface area contributed by atoms with Crippen molar-refractivity contribution in [3.8, 4) is 0 Å². The van der Waals surface area contributed by atoms with Crippen LogP contribution in [-0.2, 0) is 16.1 Å². The first-order valence-electron chi connectivity index (χ1n) is 9.90. The van der Waals surface area contributed by atoms with Crippen molar-refractivity contribution >= 4 is 11.8 Å². The molecule has 1 saturated carbocycles. The largest absolute Gasteiger partial charge is 0.347 e. The van der Waals surface area contributed by atoms with Crippen LogP contribution in [0.2, 0.25) is 0 Å². The number of benzene rings is 2. The van der Waals surface area contributed by atoms with Crippen molar-refractivity contribution in [3.05, 3.63) is 71.3 Å². The van der Waals surface area contributed by atoms with Gasteiger partial charge in [-0.25, -0.2) is 0 Å². The summed E-state index contributed by atoms with van der Waals surface area (Å²) in [6, 6.07) is 18.7. The molecule has 2 aliphatic rings. The number of fused-ring (bicyclic) bond motifs is 1. The van der Waals surface area contributed by atoms with Gasteiger partial charge in [0.15, 0.2) is 0 Å². The summed E-state index contributed by atoms with van der Waals surface area (Å²) < 4.78 is 0. The smallest absolute Gasteiger partial charge is 0.242 e. The number of carbonyl (C=O) groups excluding carboxylic acids is 2. The van der Waals surface area contributed by atoms with E-state index in [-0.39, 0.29) is 30.2 Å². The molecule has 0 spiro atoms. The lowest BCUT2D eigenvalue weighted by Gasteiger charge is -2.35. The highest BCUT2D eigenvalue weighted by molar-refractivity contribution is 5.86. The van der Waals surface area contributed by atoms with Crippen LogP contribution in [-0.4, -0.2) is 29.8 Å². The van der Waals surface area contributed by atoms with Crippen LogP contribution in [0, 0.1) is 5.92 Å². The zero-order valence-corrected chi connectivity index (χ0v) is 15.6. The normalized spacial score (nSPS) is 19.6. The van der Waals surface area contributed by atoms with Crippen LogP contribution < -0.4 is 5.32 Å². The van der Waals surface area contributed by atoms with E-state index in [9.17, 15) is 9.59 Å². The van der Waals surface area contributed by atoms with E-state index >= 15 is 0 Å². The molecule has 1 N–H and O–H groups in total. The van der Waals surface area contributed by atoms with E-state index in [2.05, 4.69) is 35.6 Å². The highest BCUT2D eigenvalue weighted by Gasteiger charge is 2.29. The minimum Gasteiger partial charge on any atom is -0.347 e. The fourth-order valence-electron chi connectivity index (χ4n) is 4.37. The fourth-order valence-corrected chi connectivity index (χ4v) is 4.37. The fraction of sp³-hybridized carbons (Fsp3) is 0.391. The second-order valence-corrected chi connectivity index (χ2v) is 7.64. The van der Waals surface area contributed by atoms with E-state index in [1.54, 1.807) is 0 Å². The molecular weight excluding hydrogens is 336 g/mol. The Labute approximate surface area is 160 Å². The molecule has 0 unspecified atom stereocenters. The molecule has 0 bridgehead atoms. The molecule has 4 rings (SSSR count). The van der Waals surface area contributed by atoms with Gasteiger partial charge in [0.05, 0.1) is 6.54 Å². The monoisotopic (exact) mass is 362 g/mol. The van der Waals surface area contributed by atoms with Gasteiger partial charge in [-0.15, -0.1) is 0 Å². The van der Waals surface area contributed by atoms with E-state index in [1.165, 1.54) is 16.7 Å². The molecule has 2 aromatic carbocycles. The second kappa shape index (κ2) is 7.95. The van der Waals surface area contributed by atoms with Crippen LogP contribution in [0.1, 0.15) is 48.3 Å². The molecule has 1 heterocycles. The lowest BCUT2D eigenvalue weighted by Crippen LogP contribution is -2.44. The first-order valence-corrected chi connectivity index (χ1v) is 9.90.